The Labute approximate surface area is 106 Å². The fourth-order valence-corrected chi connectivity index (χ4v) is 2.96. The van der Waals surface area contributed by atoms with Crippen LogP contribution in [0.2, 0.25) is 0 Å². The molecule has 1 saturated carbocycles. The third-order valence-corrected chi connectivity index (χ3v) is 4.51. The van der Waals surface area contributed by atoms with Crippen molar-refractivity contribution in [1.82, 2.24) is 0 Å². The lowest BCUT2D eigenvalue weighted by Crippen LogP contribution is -2.20. The van der Waals surface area contributed by atoms with Gasteiger partial charge in [-0.1, -0.05) is 58.2 Å². The molecule has 0 aliphatic heterocycles. The summed E-state index contributed by atoms with van der Waals surface area (Å²) < 4.78 is 0. The van der Waals surface area contributed by atoms with Crippen LogP contribution in [0.5, 0.6) is 0 Å². The molecule has 0 nitrogen and oxygen atoms in total. The van der Waals surface area contributed by atoms with Crippen LogP contribution in [-0.4, -0.2) is 0 Å². The first-order chi connectivity index (χ1) is 8.15. The van der Waals surface area contributed by atoms with Crippen molar-refractivity contribution in [3.63, 3.8) is 0 Å². The van der Waals surface area contributed by atoms with Gasteiger partial charge in [-0.05, 0) is 47.8 Å². The van der Waals surface area contributed by atoms with Crippen LogP contribution in [0.3, 0.4) is 0 Å². The smallest absolute Gasteiger partial charge is 0.0103 e. The molecule has 0 amide bonds. The summed E-state index contributed by atoms with van der Waals surface area (Å²) in [6, 6.07) is 10.1. The molecule has 1 aromatic carbocycles. The minimum atomic E-state index is 0.296. The molecule has 0 N–H and O–H groups in total. The van der Waals surface area contributed by atoms with E-state index in [-0.39, 0.29) is 0 Å². The lowest BCUT2D eigenvalue weighted by atomic mass is 9.74. The largest absolute Gasteiger partial charge is 0.0646 e. The van der Waals surface area contributed by atoms with Crippen LogP contribution >= 0.6 is 0 Å². The highest BCUT2D eigenvalue weighted by molar-refractivity contribution is 5.35. The SMILES string of the molecule is CCC(C)(C)c1ccc[c]c1C1CCCCC1. The Balaban J connectivity index is 2.33. The molecule has 0 unspecified atom stereocenters. The van der Waals surface area contributed by atoms with Gasteiger partial charge < -0.3 is 0 Å². The van der Waals surface area contributed by atoms with Crippen molar-refractivity contribution in [1.29, 1.82) is 0 Å². The van der Waals surface area contributed by atoms with E-state index in [0.717, 1.165) is 5.92 Å². The molecule has 0 spiro atoms. The van der Waals surface area contributed by atoms with Crippen LogP contribution in [0.4, 0.5) is 0 Å². The zero-order valence-corrected chi connectivity index (χ0v) is 11.6. The summed E-state index contributed by atoms with van der Waals surface area (Å²) in [7, 11) is 0. The lowest BCUT2D eigenvalue weighted by Gasteiger charge is -2.31. The molecule has 1 aliphatic rings. The van der Waals surface area contributed by atoms with Gasteiger partial charge in [-0.2, -0.15) is 0 Å². The van der Waals surface area contributed by atoms with Crippen LogP contribution in [-0.2, 0) is 5.41 Å². The standard InChI is InChI=1S/C17H25/c1-4-17(2,3)16-13-9-8-12-15(16)14-10-6-5-7-11-14/h8-9,13-14H,4-7,10-11H2,1-3H3. The van der Waals surface area contributed by atoms with E-state index in [0.29, 0.717) is 5.41 Å². The quantitative estimate of drug-likeness (QED) is 0.666. The Morgan fingerprint density at radius 2 is 1.94 bits per heavy atom. The van der Waals surface area contributed by atoms with Crippen molar-refractivity contribution >= 4 is 0 Å². The summed E-state index contributed by atoms with van der Waals surface area (Å²) in [5.41, 5.74) is 3.35. The third kappa shape index (κ3) is 2.73. The normalized spacial score (nSPS) is 18.3. The summed E-state index contributed by atoms with van der Waals surface area (Å²) in [6.45, 7) is 7.02. The first kappa shape index (κ1) is 12.7. The Bertz CT molecular complexity index is 356. The fraction of sp³-hybridized carbons (Fsp3) is 0.647. The van der Waals surface area contributed by atoms with E-state index in [4.69, 9.17) is 0 Å². The average Bonchev–Trinajstić information content (AvgIpc) is 2.40. The highest BCUT2D eigenvalue weighted by Crippen LogP contribution is 2.39. The van der Waals surface area contributed by atoms with Gasteiger partial charge in [0, 0.05) is 0 Å². The van der Waals surface area contributed by atoms with Crippen molar-refractivity contribution in [3.05, 3.63) is 35.4 Å². The zero-order chi connectivity index (χ0) is 12.3. The molecule has 0 aromatic heterocycles. The molecule has 93 valence electrons. The summed E-state index contributed by atoms with van der Waals surface area (Å²) in [5.74, 6) is 0.769. The van der Waals surface area contributed by atoms with E-state index in [1.165, 1.54) is 49.7 Å². The average molecular weight is 229 g/mol. The minimum Gasteiger partial charge on any atom is -0.0646 e. The topological polar surface area (TPSA) is 0 Å². The van der Waals surface area contributed by atoms with Gasteiger partial charge in [-0.25, -0.2) is 0 Å². The Kier molecular flexibility index (Phi) is 3.91. The first-order valence-corrected chi connectivity index (χ1v) is 7.16. The monoisotopic (exact) mass is 229 g/mol. The van der Waals surface area contributed by atoms with Gasteiger partial charge >= 0.3 is 0 Å². The van der Waals surface area contributed by atoms with Gasteiger partial charge in [0.15, 0.2) is 0 Å². The second-order valence-corrected chi connectivity index (χ2v) is 6.07. The summed E-state index contributed by atoms with van der Waals surface area (Å²) in [6.07, 6.45) is 8.17. The maximum atomic E-state index is 3.55. The van der Waals surface area contributed by atoms with E-state index in [2.05, 4.69) is 45.0 Å². The van der Waals surface area contributed by atoms with Gasteiger partial charge in [0.1, 0.15) is 0 Å². The van der Waals surface area contributed by atoms with E-state index < -0.39 is 0 Å². The van der Waals surface area contributed by atoms with Crippen molar-refractivity contribution in [2.24, 2.45) is 0 Å². The number of hydrogen-bond acceptors (Lipinski definition) is 0. The van der Waals surface area contributed by atoms with Gasteiger partial charge in [0.05, 0.1) is 0 Å². The summed E-state index contributed by atoms with van der Waals surface area (Å²) in [5, 5.41) is 0. The molecule has 0 heteroatoms. The second-order valence-electron chi connectivity index (χ2n) is 6.07. The molecule has 1 fully saturated rings. The molecule has 0 heterocycles. The molecule has 17 heavy (non-hydrogen) atoms. The molecule has 1 radical (unpaired) electrons. The van der Waals surface area contributed by atoms with E-state index >= 15 is 0 Å². The van der Waals surface area contributed by atoms with Crippen LogP contribution in [0.15, 0.2) is 18.2 Å². The van der Waals surface area contributed by atoms with Crippen LogP contribution in [0, 0.1) is 6.07 Å². The van der Waals surface area contributed by atoms with Crippen LogP contribution in [0.25, 0.3) is 0 Å². The van der Waals surface area contributed by atoms with E-state index in [9.17, 15) is 0 Å². The summed E-state index contributed by atoms with van der Waals surface area (Å²) in [4.78, 5) is 0. The predicted octanol–water partition coefficient (Wildman–Crippen LogP) is 5.22. The fourth-order valence-electron chi connectivity index (χ4n) is 2.96. The molecular weight excluding hydrogens is 204 g/mol. The first-order valence-electron chi connectivity index (χ1n) is 7.16. The van der Waals surface area contributed by atoms with E-state index in [1.54, 1.807) is 0 Å². The molecule has 0 bridgehead atoms. The minimum absolute atomic E-state index is 0.296. The van der Waals surface area contributed by atoms with Gasteiger partial charge in [0.2, 0.25) is 0 Å². The molecule has 2 rings (SSSR count). The Hall–Kier alpha value is -0.780. The van der Waals surface area contributed by atoms with E-state index in [1.807, 2.05) is 0 Å². The number of hydrogen-bond donors (Lipinski definition) is 0. The number of rotatable bonds is 3. The highest BCUT2D eigenvalue weighted by Gasteiger charge is 2.25. The maximum absolute atomic E-state index is 3.55. The van der Waals surface area contributed by atoms with Gasteiger partial charge in [-0.15, -0.1) is 0 Å². The van der Waals surface area contributed by atoms with Crippen LogP contribution < -0.4 is 0 Å². The highest BCUT2D eigenvalue weighted by atomic mass is 14.3. The molecule has 0 saturated heterocycles. The number of benzene rings is 1. The second kappa shape index (κ2) is 5.25. The maximum Gasteiger partial charge on any atom is -0.0103 e. The third-order valence-electron chi connectivity index (χ3n) is 4.51. The van der Waals surface area contributed by atoms with Crippen molar-refractivity contribution < 1.29 is 0 Å². The molecular formula is C17H25. The zero-order valence-electron chi connectivity index (χ0n) is 11.6. The van der Waals surface area contributed by atoms with Crippen molar-refractivity contribution in [3.8, 4) is 0 Å². The Morgan fingerprint density at radius 3 is 2.59 bits per heavy atom. The molecule has 1 aliphatic carbocycles. The predicted molar refractivity (Wildman–Crippen MR) is 74.4 cm³/mol. The molecule has 0 atom stereocenters. The van der Waals surface area contributed by atoms with Gasteiger partial charge in [-0.3, -0.25) is 0 Å². The molecule has 1 aromatic rings. The van der Waals surface area contributed by atoms with Crippen molar-refractivity contribution in [2.75, 3.05) is 0 Å². The van der Waals surface area contributed by atoms with Crippen LogP contribution in [0.1, 0.15) is 76.3 Å². The summed E-state index contributed by atoms with van der Waals surface area (Å²) >= 11 is 0. The van der Waals surface area contributed by atoms with Crippen molar-refractivity contribution in [2.45, 2.75) is 70.6 Å². The lowest BCUT2D eigenvalue weighted by molar-refractivity contribution is 0.427. The van der Waals surface area contributed by atoms with Gasteiger partial charge in [0.25, 0.3) is 0 Å². The Morgan fingerprint density at radius 1 is 1.24 bits per heavy atom.